The third-order valence-electron chi connectivity index (χ3n) is 6.45. The number of carbonyl (C=O) groups is 3. The second-order valence-electron chi connectivity index (χ2n) is 9.62. The second kappa shape index (κ2) is 13.8. The molecule has 0 spiro atoms. The number of aliphatic hydroxyl groups excluding tert-OH is 1. The molecule has 1 aromatic heterocycles. The Kier molecular flexibility index (Phi) is 10.7. The molecule has 15 heteroatoms. The van der Waals surface area contributed by atoms with Crippen molar-refractivity contribution < 1.29 is 43.2 Å². The first-order valence-electron chi connectivity index (χ1n) is 12.6. The summed E-state index contributed by atoms with van der Waals surface area (Å²) in [5.74, 6) is -3.40. The second-order valence-corrected chi connectivity index (χ2v) is 10.00. The fourth-order valence-corrected chi connectivity index (χ4v) is 4.28. The van der Waals surface area contributed by atoms with Crippen LogP contribution >= 0.6 is 11.6 Å². The molecule has 226 valence electrons. The number of carbonyl (C=O) groups excluding carboxylic acids is 2. The highest BCUT2D eigenvalue weighted by Crippen LogP contribution is 2.25. The van der Waals surface area contributed by atoms with Crippen LogP contribution in [0.5, 0.6) is 0 Å². The number of ether oxygens (including phenoxy) is 1. The number of hydrogen-bond donors (Lipinski definition) is 6. The van der Waals surface area contributed by atoms with E-state index in [9.17, 15) is 38.5 Å². The number of rotatable bonds is 13. The number of aliphatic carboxylic acids is 1. The van der Waals surface area contributed by atoms with Crippen molar-refractivity contribution >= 4 is 46.2 Å². The number of fused-ring (bicyclic) bond motifs is 1. The van der Waals surface area contributed by atoms with Crippen LogP contribution < -0.4 is 16.5 Å². The van der Waals surface area contributed by atoms with Crippen LogP contribution in [0.15, 0.2) is 48.7 Å². The Balaban J connectivity index is 1.79. The Morgan fingerprint density at radius 1 is 1.14 bits per heavy atom. The van der Waals surface area contributed by atoms with Gasteiger partial charge in [-0.3, -0.25) is 14.9 Å². The van der Waals surface area contributed by atoms with Crippen LogP contribution in [0, 0.1) is 11.6 Å². The van der Waals surface area contributed by atoms with Crippen LogP contribution in [0.25, 0.3) is 10.8 Å². The van der Waals surface area contributed by atoms with Crippen molar-refractivity contribution in [3.63, 3.8) is 0 Å². The molecule has 0 saturated heterocycles. The fourth-order valence-electron chi connectivity index (χ4n) is 4.09. The van der Waals surface area contributed by atoms with E-state index in [0.29, 0.717) is 10.8 Å². The van der Waals surface area contributed by atoms with Gasteiger partial charge in [0, 0.05) is 31.5 Å². The maximum Gasteiger partial charge on any atom is 0.412 e. The van der Waals surface area contributed by atoms with E-state index in [-0.39, 0.29) is 42.2 Å². The molecular formula is C27H30ClF2N5O7. The van der Waals surface area contributed by atoms with E-state index in [1.54, 1.807) is 0 Å². The van der Waals surface area contributed by atoms with Gasteiger partial charge in [-0.1, -0.05) is 23.7 Å². The number of pyridine rings is 1. The molecule has 0 fully saturated rings. The number of nitrogens with zero attached hydrogens (tertiary/aromatic N) is 2. The van der Waals surface area contributed by atoms with E-state index in [1.807, 2.05) is 0 Å². The highest BCUT2D eigenvalue weighted by Gasteiger charge is 2.40. The third kappa shape index (κ3) is 8.08. The molecule has 3 aromatic rings. The average Bonchev–Trinajstić information content (AvgIpc) is 2.93. The third-order valence-corrected chi connectivity index (χ3v) is 6.87. The molecule has 0 aliphatic carbocycles. The van der Waals surface area contributed by atoms with Gasteiger partial charge in [0.05, 0.1) is 11.6 Å². The lowest BCUT2D eigenvalue weighted by Gasteiger charge is -2.39. The van der Waals surface area contributed by atoms with Crippen LogP contribution in [0.4, 0.5) is 19.4 Å². The Labute approximate surface area is 244 Å². The molecule has 2 amide bonds. The van der Waals surface area contributed by atoms with Crippen molar-refractivity contribution in [2.75, 3.05) is 18.5 Å². The molecule has 0 bridgehead atoms. The number of carboxylic acids is 1. The largest absolute Gasteiger partial charge is 0.480 e. The maximum absolute atomic E-state index is 13.9. The number of aromatic nitrogens is 1. The molecule has 0 saturated carbocycles. The molecule has 3 rings (SSSR count). The lowest BCUT2D eigenvalue weighted by molar-refractivity contribution is -0.184. The van der Waals surface area contributed by atoms with E-state index in [4.69, 9.17) is 22.1 Å². The van der Waals surface area contributed by atoms with Crippen LogP contribution in [-0.2, 0) is 20.9 Å². The highest BCUT2D eigenvalue weighted by atomic mass is 35.5. The SMILES string of the molecule is CC(=O)N(NCc1cccc(F)c1Cl)[C@](O)(CCC[C@](N)(CO)C(=O)O)COC(=O)Nc1cc2cc(F)ccc2cn1. The Morgan fingerprint density at radius 2 is 1.88 bits per heavy atom. The average molecular weight is 610 g/mol. The first kappa shape index (κ1) is 32.6. The summed E-state index contributed by atoms with van der Waals surface area (Å²) in [6, 6.07) is 9.44. The minimum atomic E-state index is -2.28. The Hall–Kier alpha value is -3.95. The summed E-state index contributed by atoms with van der Waals surface area (Å²) in [6.07, 6.45) is -0.505. The van der Waals surface area contributed by atoms with Gasteiger partial charge in [0.2, 0.25) is 5.91 Å². The predicted octanol–water partition coefficient (Wildman–Crippen LogP) is 2.90. The summed E-state index contributed by atoms with van der Waals surface area (Å²) < 4.78 is 32.7. The summed E-state index contributed by atoms with van der Waals surface area (Å²) in [5.41, 5.74) is 4.32. The van der Waals surface area contributed by atoms with Crippen LogP contribution in [0.2, 0.25) is 5.02 Å². The molecular weight excluding hydrogens is 580 g/mol. The summed E-state index contributed by atoms with van der Waals surface area (Å²) >= 11 is 6.00. The number of carboxylic acid groups (broad SMARTS) is 1. The van der Waals surface area contributed by atoms with Gasteiger partial charge >= 0.3 is 12.1 Å². The fraction of sp³-hybridized carbons (Fsp3) is 0.333. The zero-order valence-corrected chi connectivity index (χ0v) is 23.2. The topological polar surface area (TPSA) is 187 Å². The van der Waals surface area contributed by atoms with Crippen molar-refractivity contribution in [1.82, 2.24) is 15.4 Å². The number of anilines is 1. The van der Waals surface area contributed by atoms with Crippen molar-refractivity contribution in [2.24, 2.45) is 5.73 Å². The van der Waals surface area contributed by atoms with Gasteiger partial charge in [-0.2, -0.15) is 0 Å². The minimum Gasteiger partial charge on any atom is -0.480 e. The van der Waals surface area contributed by atoms with Crippen molar-refractivity contribution in [1.29, 1.82) is 0 Å². The number of aliphatic hydroxyl groups is 2. The van der Waals surface area contributed by atoms with E-state index in [2.05, 4.69) is 15.7 Å². The standard InChI is InChI=1S/C27H30ClF2N5O7/c1-16(37)35(33-13-18-4-2-5-21(30)23(18)28)27(41,9-3-8-26(31,14-36)24(38)39)15-42-25(40)34-22-11-19-10-20(29)7-6-17(19)12-32-22/h2,4-7,10-12,33,36,41H,3,8-9,13-15,31H2,1H3,(H,38,39)(H,32,34,40)/t26-,27-/m0/s1. The molecule has 0 radical (unpaired) electrons. The van der Waals surface area contributed by atoms with Gasteiger partial charge in [-0.15, -0.1) is 0 Å². The van der Waals surface area contributed by atoms with E-state index >= 15 is 0 Å². The normalized spacial score (nSPS) is 14.1. The molecule has 2 atom stereocenters. The van der Waals surface area contributed by atoms with Gasteiger partial charge in [0.1, 0.15) is 29.6 Å². The molecule has 0 aliphatic heterocycles. The number of hydrazine groups is 1. The zero-order valence-electron chi connectivity index (χ0n) is 22.4. The smallest absolute Gasteiger partial charge is 0.412 e. The molecule has 12 nitrogen and oxygen atoms in total. The predicted molar refractivity (Wildman–Crippen MR) is 148 cm³/mol. The highest BCUT2D eigenvalue weighted by molar-refractivity contribution is 6.31. The molecule has 0 unspecified atom stereocenters. The number of amides is 2. The number of halogens is 3. The monoisotopic (exact) mass is 609 g/mol. The summed E-state index contributed by atoms with van der Waals surface area (Å²) in [5, 5.41) is 34.3. The van der Waals surface area contributed by atoms with Crippen LogP contribution in [0.1, 0.15) is 31.7 Å². The van der Waals surface area contributed by atoms with Crippen LogP contribution in [0.3, 0.4) is 0 Å². The van der Waals surface area contributed by atoms with Crippen molar-refractivity contribution in [3.8, 4) is 0 Å². The van der Waals surface area contributed by atoms with E-state index in [0.717, 1.165) is 18.0 Å². The molecule has 7 N–H and O–H groups in total. The number of nitrogens with one attached hydrogen (secondary N) is 2. The quantitative estimate of drug-likeness (QED) is 0.124. The first-order valence-corrected chi connectivity index (χ1v) is 13.0. The number of benzene rings is 2. The van der Waals surface area contributed by atoms with E-state index in [1.165, 1.54) is 42.6 Å². The number of hydrogen-bond acceptors (Lipinski definition) is 9. The molecule has 2 aromatic carbocycles. The van der Waals surface area contributed by atoms with Crippen molar-refractivity contribution in [2.45, 2.75) is 44.0 Å². The van der Waals surface area contributed by atoms with Gasteiger partial charge in [-0.25, -0.2) is 29.0 Å². The summed E-state index contributed by atoms with van der Waals surface area (Å²) in [7, 11) is 0. The first-order chi connectivity index (χ1) is 19.8. The van der Waals surface area contributed by atoms with Crippen LogP contribution in [-0.4, -0.2) is 67.8 Å². The molecule has 0 aliphatic rings. The maximum atomic E-state index is 13.9. The lowest BCUT2D eigenvalue weighted by Crippen LogP contribution is -2.60. The Bertz CT molecular complexity index is 1470. The van der Waals surface area contributed by atoms with Gasteiger partial charge < -0.3 is 25.8 Å². The minimum absolute atomic E-state index is 0.0151. The lowest BCUT2D eigenvalue weighted by atomic mass is 9.92. The van der Waals surface area contributed by atoms with E-state index < -0.39 is 54.1 Å². The van der Waals surface area contributed by atoms with Gasteiger partial charge in [-0.05, 0) is 54.1 Å². The zero-order chi connectivity index (χ0) is 31.1. The molecule has 1 heterocycles. The van der Waals surface area contributed by atoms with Gasteiger partial charge in [0.25, 0.3) is 0 Å². The molecule has 42 heavy (non-hydrogen) atoms. The van der Waals surface area contributed by atoms with Gasteiger partial charge in [0.15, 0.2) is 5.72 Å². The number of nitrogens with two attached hydrogens (primary N) is 1. The Morgan fingerprint density at radius 3 is 2.55 bits per heavy atom. The summed E-state index contributed by atoms with van der Waals surface area (Å²) in [4.78, 5) is 40.8. The summed E-state index contributed by atoms with van der Waals surface area (Å²) in [6.45, 7) is -0.847. The van der Waals surface area contributed by atoms with Crippen molar-refractivity contribution in [3.05, 3.63) is 70.9 Å².